The molecule has 0 spiro atoms. The van der Waals surface area contributed by atoms with Gasteiger partial charge in [-0.15, -0.1) is 0 Å². The van der Waals surface area contributed by atoms with Gasteiger partial charge in [0.1, 0.15) is 11.6 Å². The Morgan fingerprint density at radius 2 is 1.48 bits per heavy atom. The van der Waals surface area contributed by atoms with Crippen molar-refractivity contribution < 1.29 is 8.78 Å². The van der Waals surface area contributed by atoms with Crippen molar-refractivity contribution in [2.45, 2.75) is 90.4 Å². The Balaban J connectivity index is 1.96. The first kappa shape index (κ1) is 18.4. The number of unbranched alkanes of at least 4 members (excludes halogenated alkanes) is 3. The zero-order valence-corrected chi connectivity index (χ0v) is 14.8. The maximum atomic E-state index is 14.3. The molecule has 0 amide bonds. The van der Waals surface area contributed by atoms with Gasteiger partial charge in [-0.3, -0.25) is 0 Å². The summed E-state index contributed by atoms with van der Waals surface area (Å²) < 4.78 is 28.6. The lowest BCUT2D eigenvalue weighted by molar-refractivity contribution is 0.303. The Bertz CT molecular complexity index is 450. The average Bonchev–Trinajstić information content (AvgIpc) is 2.56. The van der Waals surface area contributed by atoms with E-state index in [1.807, 2.05) is 0 Å². The van der Waals surface area contributed by atoms with Crippen LogP contribution in [-0.2, 0) is 6.42 Å². The fourth-order valence-electron chi connectivity index (χ4n) is 3.93. The van der Waals surface area contributed by atoms with Gasteiger partial charge in [-0.1, -0.05) is 46.0 Å². The van der Waals surface area contributed by atoms with Crippen molar-refractivity contribution >= 4 is 0 Å². The van der Waals surface area contributed by atoms with Crippen LogP contribution >= 0.6 is 0 Å². The predicted octanol–water partition coefficient (Wildman–Crippen LogP) is 7.16. The lowest BCUT2D eigenvalue weighted by atomic mass is 9.77. The molecule has 0 aromatic heterocycles. The van der Waals surface area contributed by atoms with Crippen molar-refractivity contribution in [1.82, 2.24) is 0 Å². The monoisotopic (exact) mass is 322 g/mol. The number of hydrogen-bond acceptors (Lipinski definition) is 0. The molecule has 1 saturated carbocycles. The van der Waals surface area contributed by atoms with E-state index in [9.17, 15) is 8.78 Å². The third kappa shape index (κ3) is 5.29. The summed E-state index contributed by atoms with van der Waals surface area (Å²) in [6.07, 6.45) is 12.0. The molecule has 0 aliphatic heterocycles. The second kappa shape index (κ2) is 9.39. The summed E-state index contributed by atoms with van der Waals surface area (Å²) in [5.74, 6) is 0.518. The van der Waals surface area contributed by atoms with Gasteiger partial charge in [0.2, 0.25) is 0 Å². The Morgan fingerprint density at radius 3 is 2.04 bits per heavy atom. The van der Waals surface area contributed by atoms with E-state index in [0.717, 1.165) is 43.6 Å². The standard InChI is InChI=1S/C21H32F2/c1-3-5-7-9-19-20(22)14-18(15-21(19)23)17-12-10-16(11-13-17)8-6-4-2/h14-17H,3-13H2,1-2H3. The lowest BCUT2D eigenvalue weighted by Gasteiger charge is -2.29. The Kier molecular flexibility index (Phi) is 7.52. The molecule has 23 heavy (non-hydrogen) atoms. The predicted molar refractivity (Wildman–Crippen MR) is 93.8 cm³/mol. The molecule has 0 atom stereocenters. The summed E-state index contributed by atoms with van der Waals surface area (Å²) in [6, 6.07) is 3.22. The molecule has 1 fully saturated rings. The normalized spacial score (nSPS) is 21.6. The van der Waals surface area contributed by atoms with Gasteiger partial charge in [0.15, 0.2) is 0 Å². The zero-order valence-electron chi connectivity index (χ0n) is 14.8. The molecule has 1 aliphatic carbocycles. The molecule has 0 bridgehead atoms. The van der Waals surface area contributed by atoms with Crippen LogP contribution in [0.1, 0.15) is 95.1 Å². The van der Waals surface area contributed by atoms with E-state index in [1.165, 1.54) is 32.1 Å². The van der Waals surface area contributed by atoms with Crippen LogP contribution in [0.4, 0.5) is 8.78 Å². The SMILES string of the molecule is CCCCCc1c(F)cc(C2CCC(CCCC)CC2)cc1F. The highest BCUT2D eigenvalue weighted by Crippen LogP contribution is 2.38. The van der Waals surface area contributed by atoms with Crippen LogP contribution in [0.25, 0.3) is 0 Å². The molecular formula is C21H32F2. The van der Waals surface area contributed by atoms with Crippen molar-refractivity contribution in [3.05, 3.63) is 34.9 Å². The Labute approximate surface area is 140 Å². The van der Waals surface area contributed by atoms with Crippen molar-refractivity contribution in [1.29, 1.82) is 0 Å². The average molecular weight is 322 g/mol. The molecule has 130 valence electrons. The largest absolute Gasteiger partial charge is 0.207 e. The topological polar surface area (TPSA) is 0 Å². The van der Waals surface area contributed by atoms with Crippen LogP contribution in [0.3, 0.4) is 0 Å². The summed E-state index contributed by atoms with van der Waals surface area (Å²) in [5.41, 5.74) is 1.17. The van der Waals surface area contributed by atoms with Gasteiger partial charge in [0.25, 0.3) is 0 Å². The minimum Gasteiger partial charge on any atom is -0.207 e. The minimum atomic E-state index is -0.329. The summed E-state index contributed by atoms with van der Waals surface area (Å²) in [6.45, 7) is 4.34. The second-order valence-corrected chi connectivity index (χ2v) is 7.28. The molecule has 2 rings (SSSR count). The van der Waals surface area contributed by atoms with Crippen LogP contribution in [0, 0.1) is 17.6 Å². The van der Waals surface area contributed by atoms with Gasteiger partial charge in [-0.2, -0.15) is 0 Å². The molecule has 1 aromatic rings. The van der Waals surface area contributed by atoms with Gasteiger partial charge in [-0.05, 0) is 68.1 Å². The first-order valence-electron chi connectivity index (χ1n) is 9.63. The van der Waals surface area contributed by atoms with E-state index < -0.39 is 0 Å². The number of benzene rings is 1. The summed E-state index contributed by atoms with van der Waals surface area (Å²) in [7, 11) is 0. The highest BCUT2D eigenvalue weighted by Gasteiger charge is 2.23. The Morgan fingerprint density at radius 1 is 0.870 bits per heavy atom. The lowest BCUT2D eigenvalue weighted by Crippen LogP contribution is -2.14. The molecule has 0 N–H and O–H groups in total. The molecule has 0 radical (unpaired) electrons. The summed E-state index contributed by atoms with van der Waals surface area (Å²) >= 11 is 0. The smallest absolute Gasteiger partial charge is 0.129 e. The van der Waals surface area contributed by atoms with Gasteiger partial charge >= 0.3 is 0 Å². The molecule has 0 unspecified atom stereocenters. The van der Waals surface area contributed by atoms with Gasteiger partial charge < -0.3 is 0 Å². The fourth-order valence-corrected chi connectivity index (χ4v) is 3.93. The van der Waals surface area contributed by atoms with Crippen LogP contribution < -0.4 is 0 Å². The molecular weight excluding hydrogens is 290 g/mol. The van der Waals surface area contributed by atoms with Crippen molar-refractivity contribution in [2.24, 2.45) is 5.92 Å². The Hall–Kier alpha value is -0.920. The maximum absolute atomic E-state index is 14.3. The third-order valence-corrected chi connectivity index (χ3v) is 5.48. The molecule has 0 saturated heterocycles. The highest BCUT2D eigenvalue weighted by molar-refractivity contribution is 5.29. The van der Waals surface area contributed by atoms with E-state index in [1.54, 1.807) is 12.1 Å². The van der Waals surface area contributed by atoms with E-state index in [0.29, 0.717) is 17.9 Å². The molecule has 0 heterocycles. The van der Waals surface area contributed by atoms with Crippen molar-refractivity contribution in [3.63, 3.8) is 0 Å². The van der Waals surface area contributed by atoms with Crippen molar-refractivity contribution in [2.75, 3.05) is 0 Å². The molecule has 0 nitrogen and oxygen atoms in total. The second-order valence-electron chi connectivity index (χ2n) is 7.28. The summed E-state index contributed by atoms with van der Waals surface area (Å²) in [5, 5.41) is 0. The van der Waals surface area contributed by atoms with E-state index in [-0.39, 0.29) is 11.6 Å². The number of halogens is 2. The van der Waals surface area contributed by atoms with Gasteiger partial charge in [0, 0.05) is 5.56 Å². The van der Waals surface area contributed by atoms with E-state index in [2.05, 4.69) is 13.8 Å². The third-order valence-electron chi connectivity index (χ3n) is 5.48. The maximum Gasteiger partial charge on any atom is 0.129 e. The van der Waals surface area contributed by atoms with Gasteiger partial charge in [0.05, 0.1) is 0 Å². The molecule has 1 aliphatic rings. The quantitative estimate of drug-likeness (QED) is 0.445. The molecule has 2 heteroatoms. The van der Waals surface area contributed by atoms with E-state index in [4.69, 9.17) is 0 Å². The fraction of sp³-hybridized carbons (Fsp3) is 0.714. The zero-order chi connectivity index (χ0) is 16.7. The molecule has 1 aromatic carbocycles. The van der Waals surface area contributed by atoms with Crippen LogP contribution in [-0.4, -0.2) is 0 Å². The highest BCUT2D eigenvalue weighted by atomic mass is 19.1. The van der Waals surface area contributed by atoms with Crippen LogP contribution in [0.2, 0.25) is 0 Å². The van der Waals surface area contributed by atoms with Crippen molar-refractivity contribution in [3.8, 4) is 0 Å². The van der Waals surface area contributed by atoms with Gasteiger partial charge in [-0.25, -0.2) is 8.78 Å². The van der Waals surface area contributed by atoms with Crippen LogP contribution in [0.15, 0.2) is 12.1 Å². The number of hydrogen-bond donors (Lipinski definition) is 0. The minimum absolute atomic E-state index is 0.291. The summed E-state index contributed by atoms with van der Waals surface area (Å²) in [4.78, 5) is 0. The van der Waals surface area contributed by atoms with E-state index >= 15 is 0 Å². The first-order chi connectivity index (χ1) is 11.2. The first-order valence-corrected chi connectivity index (χ1v) is 9.63. The number of rotatable bonds is 8. The van der Waals surface area contributed by atoms with Crippen LogP contribution in [0.5, 0.6) is 0 Å².